The van der Waals surface area contributed by atoms with Gasteiger partial charge in [-0.25, -0.2) is 4.98 Å². The Morgan fingerprint density at radius 2 is 2.12 bits per heavy atom. The average molecular weight is 371 g/mol. The Kier molecular flexibility index (Phi) is 4.60. The minimum atomic E-state index is -4.58. The number of alkyl halides is 3. The highest BCUT2D eigenvalue weighted by atomic mass is 35.5. The van der Waals surface area contributed by atoms with Crippen molar-refractivity contribution in [3.63, 3.8) is 0 Å². The maximum atomic E-state index is 13.0. The number of aromatic nitrogens is 1. The molecule has 132 valence electrons. The zero-order valence-electron chi connectivity index (χ0n) is 13.1. The second kappa shape index (κ2) is 6.55. The number of hydrogen-bond acceptors (Lipinski definition) is 3. The first kappa shape index (κ1) is 17.5. The van der Waals surface area contributed by atoms with Gasteiger partial charge in [0.25, 0.3) is 0 Å². The number of carbonyl (C=O) groups is 1. The number of amides is 1. The van der Waals surface area contributed by atoms with Crippen molar-refractivity contribution in [2.45, 2.75) is 25.1 Å². The molecular weight excluding hydrogens is 357 g/mol. The molecule has 25 heavy (non-hydrogen) atoms. The van der Waals surface area contributed by atoms with Gasteiger partial charge in [0.2, 0.25) is 11.8 Å². The molecule has 1 amide bonds. The van der Waals surface area contributed by atoms with Crippen molar-refractivity contribution in [1.29, 1.82) is 0 Å². The first-order valence-corrected chi connectivity index (χ1v) is 7.90. The van der Waals surface area contributed by atoms with Gasteiger partial charge in [-0.1, -0.05) is 23.7 Å². The first-order chi connectivity index (χ1) is 11.8. The van der Waals surface area contributed by atoms with E-state index in [1.807, 2.05) is 0 Å². The van der Waals surface area contributed by atoms with E-state index in [0.29, 0.717) is 5.88 Å². The molecule has 0 aliphatic carbocycles. The van der Waals surface area contributed by atoms with E-state index in [1.165, 1.54) is 19.1 Å². The number of halogens is 4. The summed E-state index contributed by atoms with van der Waals surface area (Å²) in [5.41, 5.74) is -0.0948. The van der Waals surface area contributed by atoms with E-state index in [1.54, 1.807) is 18.3 Å². The Morgan fingerprint density at radius 1 is 1.36 bits per heavy atom. The number of nitrogens with zero attached hydrogens (tertiary/aromatic N) is 1. The van der Waals surface area contributed by atoms with Gasteiger partial charge in [0.15, 0.2) is 0 Å². The van der Waals surface area contributed by atoms with Crippen molar-refractivity contribution < 1.29 is 22.7 Å². The second-order valence-electron chi connectivity index (χ2n) is 5.70. The fourth-order valence-corrected chi connectivity index (χ4v) is 3.10. The Labute approximate surface area is 147 Å². The molecule has 2 heterocycles. The maximum absolute atomic E-state index is 13.0. The summed E-state index contributed by atoms with van der Waals surface area (Å²) in [6, 6.07) is 6.66. The van der Waals surface area contributed by atoms with E-state index in [9.17, 15) is 18.0 Å². The second-order valence-corrected chi connectivity index (χ2v) is 6.08. The third-order valence-corrected chi connectivity index (χ3v) is 4.49. The summed E-state index contributed by atoms with van der Waals surface area (Å²) in [6.07, 6.45) is -3.00. The number of fused-ring (bicyclic) bond motifs is 1. The lowest BCUT2D eigenvalue weighted by Gasteiger charge is -2.19. The molecule has 0 radical (unpaired) electrons. The van der Waals surface area contributed by atoms with E-state index in [2.05, 4.69) is 10.3 Å². The highest BCUT2D eigenvalue weighted by molar-refractivity contribution is 6.32. The molecule has 0 unspecified atom stereocenters. The van der Waals surface area contributed by atoms with Gasteiger partial charge in [0.1, 0.15) is 6.61 Å². The summed E-state index contributed by atoms with van der Waals surface area (Å²) in [5.74, 6) is -0.848. The van der Waals surface area contributed by atoms with Gasteiger partial charge in [0, 0.05) is 11.8 Å². The van der Waals surface area contributed by atoms with Gasteiger partial charge in [-0.3, -0.25) is 4.79 Å². The largest absolute Gasteiger partial charge is 0.475 e. The molecule has 0 bridgehead atoms. The number of nitrogens with one attached hydrogen (secondary N) is 1. The van der Waals surface area contributed by atoms with Gasteiger partial charge in [-0.15, -0.1) is 0 Å². The summed E-state index contributed by atoms with van der Waals surface area (Å²) in [4.78, 5) is 16.5. The van der Waals surface area contributed by atoms with Crippen molar-refractivity contribution in [3.05, 3.63) is 58.2 Å². The third-order valence-electron chi connectivity index (χ3n) is 4.07. The first-order valence-electron chi connectivity index (χ1n) is 7.52. The molecule has 0 fully saturated rings. The molecule has 0 saturated heterocycles. The van der Waals surface area contributed by atoms with E-state index in [0.717, 1.165) is 11.6 Å². The topological polar surface area (TPSA) is 51.2 Å². The minimum Gasteiger partial charge on any atom is -0.475 e. The number of rotatable bonds is 3. The van der Waals surface area contributed by atoms with Crippen LogP contribution in [0.5, 0.6) is 5.88 Å². The number of pyridine rings is 1. The molecule has 2 aromatic rings. The zero-order valence-corrected chi connectivity index (χ0v) is 13.9. The Balaban J connectivity index is 1.80. The monoisotopic (exact) mass is 370 g/mol. The fourth-order valence-electron chi connectivity index (χ4n) is 2.70. The van der Waals surface area contributed by atoms with Crippen LogP contribution in [0, 0.1) is 0 Å². The van der Waals surface area contributed by atoms with Gasteiger partial charge in [-0.05, 0) is 30.7 Å². The summed E-state index contributed by atoms with van der Waals surface area (Å²) in [7, 11) is 0. The molecule has 1 aromatic heterocycles. The molecule has 4 nitrogen and oxygen atoms in total. The standard InChI is InChI=1S/C17H14ClF3N2O2/c1-9(10-4-2-6-12(14(10)18)17(19,20)21)15(24)23-13-8-25-16-11(13)5-3-7-22-16/h2-7,9,13H,8H2,1H3,(H,23,24)/t9-,13+/m0/s1. The van der Waals surface area contributed by atoms with Crippen LogP contribution in [-0.4, -0.2) is 17.5 Å². The number of benzene rings is 1. The maximum Gasteiger partial charge on any atom is 0.417 e. The lowest BCUT2D eigenvalue weighted by molar-refractivity contribution is -0.137. The fraction of sp³-hybridized carbons (Fsp3) is 0.294. The molecular formula is C17H14ClF3N2O2. The van der Waals surface area contributed by atoms with Crippen LogP contribution in [0.4, 0.5) is 13.2 Å². The molecule has 0 spiro atoms. The van der Waals surface area contributed by atoms with Crippen molar-refractivity contribution in [2.75, 3.05) is 6.61 Å². The molecule has 2 atom stereocenters. The quantitative estimate of drug-likeness (QED) is 0.884. The van der Waals surface area contributed by atoms with Crippen LogP contribution in [0.25, 0.3) is 0 Å². The Morgan fingerprint density at radius 3 is 2.84 bits per heavy atom. The Bertz CT molecular complexity index is 811. The van der Waals surface area contributed by atoms with Gasteiger partial charge >= 0.3 is 6.18 Å². The van der Waals surface area contributed by atoms with E-state index >= 15 is 0 Å². The van der Waals surface area contributed by atoms with Crippen LogP contribution < -0.4 is 10.1 Å². The number of hydrogen-bond donors (Lipinski definition) is 1. The predicted octanol–water partition coefficient (Wildman–Crippen LogP) is 4.11. The van der Waals surface area contributed by atoms with Crippen molar-refractivity contribution in [3.8, 4) is 5.88 Å². The number of ether oxygens (including phenoxy) is 1. The highest BCUT2D eigenvalue weighted by Crippen LogP contribution is 2.38. The zero-order chi connectivity index (χ0) is 18.2. The van der Waals surface area contributed by atoms with Crippen LogP contribution in [0.3, 0.4) is 0 Å². The predicted molar refractivity (Wildman–Crippen MR) is 85.5 cm³/mol. The van der Waals surface area contributed by atoms with Crippen LogP contribution in [0.15, 0.2) is 36.5 Å². The van der Waals surface area contributed by atoms with Crippen molar-refractivity contribution in [1.82, 2.24) is 10.3 Å². The molecule has 0 saturated carbocycles. The summed E-state index contributed by atoms with van der Waals surface area (Å²) < 4.78 is 44.3. The lowest BCUT2D eigenvalue weighted by Crippen LogP contribution is -2.33. The SMILES string of the molecule is C[C@H](C(=O)N[C@@H]1COc2ncccc21)c1cccc(C(F)(F)F)c1Cl. The smallest absolute Gasteiger partial charge is 0.417 e. The van der Waals surface area contributed by atoms with Crippen molar-refractivity contribution >= 4 is 17.5 Å². The van der Waals surface area contributed by atoms with Gasteiger partial charge in [-0.2, -0.15) is 13.2 Å². The Hall–Kier alpha value is -2.28. The number of carbonyl (C=O) groups excluding carboxylic acids is 1. The molecule has 8 heteroatoms. The summed E-state index contributed by atoms with van der Waals surface area (Å²) in [6.45, 7) is 1.73. The molecule has 1 aliphatic heterocycles. The third kappa shape index (κ3) is 3.42. The highest BCUT2D eigenvalue weighted by Gasteiger charge is 2.35. The van der Waals surface area contributed by atoms with Crippen LogP contribution >= 0.6 is 11.6 Å². The molecule has 1 aliphatic rings. The lowest BCUT2D eigenvalue weighted by atomic mass is 9.97. The van der Waals surface area contributed by atoms with E-state index in [-0.39, 0.29) is 12.2 Å². The van der Waals surface area contributed by atoms with E-state index in [4.69, 9.17) is 16.3 Å². The normalized spacial score (nSPS) is 17.6. The van der Waals surface area contributed by atoms with Crippen LogP contribution in [-0.2, 0) is 11.0 Å². The summed E-state index contributed by atoms with van der Waals surface area (Å²) in [5, 5.41) is 2.32. The average Bonchev–Trinajstić information content (AvgIpc) is 2.96. The molecule has 3 rings (SSSR count). The van der Waals surface area contributed by atoms with Gasteiger partial charge < -0.3 is 10.1 Å². The molecule has 1 aromatic carbocycles. The van der Waals surface area contributed by atoms with E-state index < -0.39 is 34.6 Å². The molecule has 1 N–H and O–H groups in total. The van der Waals surface area contributed by atoms with Gasteiger partial charge in [0.05, 0.1) is 22.5 Å². The van der Waals surface area contributed by atoms with Crippen molar-refractivity contribution in [2.24, 2.45) is 0 Å². The summed E-state index contributed by atoms with van der Waals surface area (Å²) >= 11 is 5.90. The van der Waals surface area contributed by atoms with Crippen LogP contribution in [0.2, 0.25) is 5.02 Å². The minimum absolute atomic E-state index is 0.124. The van der Waals surface area contributed by atoms with Crippen LogP contribution in [0.1, 0.15) is 35.6 Å².